The molecule has 1 heterocycles. The molecule has 2 fully saturated rings. The van der Waals surface area contributed by atoms with Gasteiger partial charge in [-0.15, -0.1) is 0 Å². The first-order chi connectivity index (χ1) is 8.39. The minimum absolute atomic E-state index is 0.121. The van der Waals surface area contributed by atoms with Crippen LogP contribution in [-0.4, -0.2) is 24.7 Å². The molecule has 2 unspecified atom stereocenters. The Bertz CT molecular complexity index is 470. The predicted octanol–water partition coefficient (Wildman–Crippen LogP) is 3.53. The van der Waals surface area contributed by atoms with Crippen molar-refractivity contribution in [3.63, 3.8) is 0 Å². The van der Waals surface area contributed by atoms with Crippen molar-refractivity contribution in [3.05, 3.63) is 29.3 Å². The van der Waals surface area contributed by atoms with Gasteiger partial charge in [-0.3, -0.25) is 0 Å². The van der Waals surface area contributed by atoms with Gasteiger partial charge in [0.05, 0.1) is 12.0 Å². The summed E-state index contributed by atoms with van der Waals surface area (Å²) in [6.45, 7) is 2.05. The van der Waals surface area contributed by atoms with E-state index in [0.717, 1.165) is 0 Å². The zero-order chi connectivity index (χ0) is 13.0. The van der Waals surface area contributed by atoms with Gasteiger partial charge < -0.3 is 9.47 Å². The first kappa shape index (κ1) is 12.2. The van der Waals surface area contributed by atoms with Gasteiger partial charge in [0, 0.05) is 11.4 Å². The number of benzene rings is 1. The average Bonchev–Trinajstić information content (AvgIpc) is 3.18. The van der Waals surface area contributed by atoms with E-state index < -0.39 is 16.9 Å². The van der Waals surface area contributed by atoms with Crippen LogP contribution in [0.1, 0.15) is 13.3 Å². The molecule has 3 rings (SSSR count). The molecule has 98 valence electrons. The van der Waals surface area contributed by atoms with Gasteiger partial charge in [0.1, 0.15) is 18.0 Å². The zero-order valence-electron chi connectivity index (χ0n) is 9.88. The van der Waals surface area contributed by atoms with Crippen LogP contribution in [0, 0.1) is 5.41 Å². The van der Waals surface area contributed by atoms with Gasteiger partial charge in [0.15, 0.2) is 0 Å². The first-order valence-electron chi connectivity index (χ1n) is 5.79. The van der Waals surface area contributed by atoms with Gasteiger partial charge >= 0.3 is 0 Å². The lowest BCUT2D eigenvalue weighted by atomic mass is 9.91. The maximum absolute atomic E-state index is 13.3. The van der Waals surface area contributed by atoms with E-state index in [0.29, 0.717) is 17.4 Å². The van der Waals surface area contributed by atoms with Crippen molar-refractivity contribution in [3.8, 4) is 5.75 Å². The number of alkyl halides is 2. The third-order valence-corrected chi connectivity index (χ3v) is 4.29. The first-order valence-corrected chi connectivity index (χ1v) is 6.17. The molecule has 2 atom stereocenters. The predicted molar refractivity (Wildman–Crippen MR) is 63.3 cm³/mol. The molecule has 5 heteroatoms. The monoisotopic (exact) mass is 274 g/mol. The lowest BCUT2D eigenvalue weighted by Gasteiger charge is -2.20. The summed E-state index contributed by atoms with van der Waals surface area (Å²) >= 11 is 5.75. The molecule has 1 saturated carbocycles. The highest BCUT2D eigenvalue weighted by Gasteiger charge is 2.82. The molecule has 1 saturated heterocycles. The van der Waals surface area contributed by atoms with Crippen LogP contribution in [0.4, 0.5) is 8.78 Å². The maximum atomic E-state index is 13.3. The van der Waals surface area contributed by atoms with Crippen molar-refractivity contribution in [2.24, 2.45) is 5.41 Å². The van der Waals surface area contributed by atoms with Crippen LogP contribution in [0.5, 0.6) is 5.75 Å². The molecule has 1 aliphatic carbocycles. The highest BCUT2D eigenvalue weighted by Crippen LogP contribution is 2.70. The van der Waals surface area contributed by atoms with Gasteiger partial charge in [-0.2, -0.15) is 0 Å². The van der Waals surface area contributed by atoms with E-state index >= 15 is 0 Å². The molecule has 2 aliphatic rings. The standard InChI is InChI=1S/C13H13ClF2O2/c1-11(6-13(11,15)16)12(8-18-12)7-17-10-4-2-9(14)3-5-10/h2-5H,6-8H2,1H3. The van der Waals surface area contributed by atoms with Gasteiger partial charge in [0.25, 0.3) is 5.92 Å². The summed E-state index contributed by atoms with van der Waals surface area (Å²) in [5, 5.41) is 0.612. The molecule has 0 spiro atoms. The fourth-order valence-electron chi connectivity index (χ4n) is 2.27. The maximum Gasteiger partial charge on any atom is 0.257 e. The molecule has 2 nitrogen and oxygen atoms in total. The fourth-order valence-corrected chi connectivity index (χ4v) is 2.40. The summed E-state index contributed by atoms with van der Waals surface area (Å²) < 4.78 is 37.5. The molecule has 0 aromatic heterocycles. The summed E-state index contributed by atoms with van der Waals surface area (Å²) in [5.41, 5.74) is -1.90. The Morgan fingerprint density at radius 2 is 1.89 bits per heavy atom. The van der Waals surface area contributed by atoms with Crippen molar-refractivity contribution in [2.45, 2.75) is 24.9 Å². The topological polar surface area (TPSA) is 21.8 Å². The Morgan fingerprint density at radius 3 is 2.33 bits per heavy atom. The summed E-state index contributed by atoms with van der Waals surface area (Å²) in [5.74, 6) is -2.02. The van der Waals surface area contributed by atoms with Crippen LogP contribution in [-0.2, 0) is 4.74 Å². The molecular weight excluding hydrogens is 262 g/mol. The summed E-state index contributed by atoms with van der Waals surface area (Å²) in [6.07, 6.45) is -0.121. The second-order valence-corrected chi connectivity index (χ2v) is 5.68. The largest absolute Gasteiger partial charge is 0.490 e. The molecule has 0 amide bonds. The van der Waals surface area contributed by atoms with Crippen LogP contribution < -0.4 is 4.74 Å². The van der Waals surface area contributed by atoms with Crippen molar-refractivity contribution < 1.29 is 18.3 Å². The minimum atomic E-state index is -2.63. The van der Waals surface area contributed by atoms with Crippen LogP contribution in [0.2, 0.25) is 5.02 Å². The Kier molecular flexibility index (Phi) is 2.42. The van der Waals surface area contributed by atoms with Gasteiger partial charge in [-0.05, 0) is 24.3 Å². The SMILES string of the molecule is CC1(C2(COc3ccc(Cl)cc3)CO2)CC1(F)F. The molecule has 1 aliphatic heterocycles. The summed E-state index contributed by atoms with van der Waals surface area (Å²) in [6, 6.07) is 6.83. The fraction of sp³-hybridized carbons (Fsp3) is 0.538. The van der Waals surface area contributed by atoms with Gasteiger partial charge in [-0.1, -0.05) is 18.5 Å². The van der Waals surface area contributed by atoms with Gasteiger partial charge in [-0.25, -0.2) is 8.78 Å². The van der Waals surface area contributed by atoms with E-state index in [1.807, 2.05) is 0 Å². The Balaban J connectivity index is 1.66. The van der Waals surface area contributed by atoms with Crippen molar-refractivity contribution in [1.82, 2.24) is 0 Å². The Hall–Kier alpha value is -0.870. The van der Waals surface area contributed by atoms with E-state index in [-0.39, 0.29) is 13.0 Å². The summed E-state index contributed by atoms with van der Waals surface area (Å²) in [7, 11) is 0. The number of hydrogen-bond acceptors (Lipinski definition) is 2. The average molecular weight is 275 g/mol. The molecule has 18 heavy (non-hydrogen) atoms. The molecule has 0 radical (unpaired) electrons. The highest BCUT2D eigenvalue weighted by molar-refractivity contribution is 6.30. The number of ether oxygens (including phenoxy) is 2. The van der Waals surface area contributed by atoms with E-state index in [1.54, 1.807) is 31.2 Å². The quantitative estimate of drug-likeness (QED) is 0.784. The lowest BCUT2D eigenvalue weighted by Crippen LogP contribution is -2.35. The third kappa shape index (κ3) is 1.70. The van der Waals surface area contributed by atoms with E-state index in [1.165, 1.54) is 0 Å². The van der Waals surface area contributed by atoms with E-state index in [9.17, 15) is 8.78 Å². The minimum Gasteiger partial charge on any atom is -0.490 e. The number of rotatable bonds is 4. The number of hydrogen-bond donors (Lipinski definition) is 0. The summed E-state index contributed by atoms with van der Waals surface area (Å²) in [4.78, 5) is 0. The van der Waals surface area contributed by atoms with Crippen LogP contribution in [0.15, 0.2) is 24.3 Å². The molecule has 0 N–H and O–H groups in total. The smallest absolute Gasteiger partial charge is 0.257 e. The number of epoxide rings is 1. The second-order valence-electron chi connectivity index (χ2n) is 5.24. The molecular formula is C13H13ClF2O2. The molecule has 1 aromatic carbocycles. The van der Waals surface area contributed by atoms with Crippen molar-refractivity contribution in [1.29, 1.82) is 0 Å². The van der Waals surface area contributed by atoms with Crippen molar-refractivity contribution in [2.75, 3.05) is 13.2 Å². The van der Waals surface area contributed by atoms with Crippen molar-refractivity contribution >= 4 is 11.6 Å². The zero-order valence-corrected chi connectivity index (χ0v) is 10.6. The van der Waals surface area contributed by atoms with Crippen LogP contribution in [0.3, 0.4) is 0 Å². The highest BCUT2D eigenvalue weighted by atomic mass is 35.5. The number of halogens is 3. The Labute approximate surface area is 109 Å². The third-order valence-electron chi connectivity index (χ3n) is 4.04. The van der Waals surface area contributed by atoms with Gasteiger partial charge in [0.2, 0.25) is 0 Å². The lowest BCUT2D eigenvalue weighted by molar-refractivity contribution is 0.0172. The van der Waals surface area contributed by atoms with E-state index in [2.05, 4.69) is 0 Å². The Morgan fingerprint density at radius 1 is 1.33 bits per heavy atom. The molecule has 0 bridgehead atoms. The molecule has 1 aromatic rings. The second kappa shape index (κ2) is 3.58. The van der Waals surface area contributed by atoms with Crippen LogP contribution >= 0.6 is 11.6 Å². The van der Waals surface area contributed by atoms with Crippen LogP contribution in [0.25, 0.3) is 0 Å². The van der Waals surface area contributed by atoms with E-state index in [4.69, 9.17) is 21.1 Å². The normalized spacial score (nSPS) is 36.2.